The highest BCUT2D eigenvalue weighted by molar-refractivity contribution is 7.10. The SMILES string of the molecule is FC(F)c1ccc(-c2nsc(Cl)n2)o1. The van der Waals surface area contributed by atoms with Gasteiger partial charge in [0.05, 0.1) is 0 Å². The second-order valence-electron chi connectivity index (χ2n) is 2.37. The van der Waals surface area contributed by atoms with E-state index >= 15 is 0 Å². The molecule has 0 saturated carbocycles. The van der Waals surface area contributed by atoms with Crippen LogP contribution in [-0.2, 0) is 0 Å². The molecule has 0 bridgehead atoms. The van der Waals surface area contributed by atoms with Gasteiger partial charge in [-0.1, -0.05) is 0 Å². The van der Waals surface area contributed by atoms with Crippen molar-refractivity contribution < 1.29 is 13.2 Å². The van der Waals surface area contributed by atoms with Gasteiger partial charge in [-0.05, 0) is 35.3 Å². The lowest BCUT2D eigenvalue weighted by molar-refractivity contribution is 0.122. The molecule has 0 fully saturated rings. The summed E-state index contributed by atoms with van der Waals surface area (Å²) in [5.41, 5.74) is 0. The fourth-order valence-corrected chi connectivity index (χ4v) is 1.50. The molecule has 0 aromatic carbocycles. The van der Waals surface area contributed by atoms with Crippen LogP contribution in [0.1, 0.15) is 12.2 Å². The van der Waals surface area contributed by atoms with Gasteiger partial charge in [0.15, 0.2) is 11.5 Å². The van der Waals surface area contributed by atoms with E-state index < -0.39 is 12.2 Å². The summed E-state index contributed by atoms with van der Waals surface area (Å²) in [6, 6.07) is 2.58. The molecule has 2 heterocycles. The minimum absolute atomic E-state index is 0.198. The maximum absolute atomic E-state index is 12.1. The number of halogens is 3. The van der Waals surface area contributed by atoms with Gasteiger partial charge in [-0.3, -0.25) is 0 Å². The third-order valence-corrected chi connectivity index (χ3v) is 2.26. The van der Waals surface area contributed by atoms with E-state index in [1.165, 1.54) is 12.1 Å². The third-order valence-electron chi connectivity index (χ3n) is 1.46. The van der Waals surface area contributed by atoms with Crippen molar-refractivity contribution in [3.63, 3.8) is 0 Å². The molecule has 0 spiro atoms. The fraction of sp³-hybridized carbons (Fsp3) is 0.143. The summed E-state index contributed by atoms with van der Waals surface area (Å²) in [6.45, 7) is 0. The van der Waals surface area contributed by atoms with Crippen molar-refractivity contribution in [3.05, 3.63) is 22.4 Å². The van der Waals surface area contributed by atoms with E-state index in [4.69, 9.17) is 16.0 Å². The molecule has 14 heavy (non-hydrogen) atoms. The second-order valence-corrected chi connectivity index (χ2v) is 3.71. The molecule has 0 N–H and O–H groups in total. The minimum atomic E-state index is -2.63. The maximum atomic E-state index is 12.1. The van der Waals surface area contributed by atoms with Gasteiger partial charge in [0, 0.05) is 0 Å². The molecule has 0 atom stereocenters. The summed E-state index contributed by atoms with van der Waals surface area (Å²) in [5, 5.41) is 0. The summed E-state index contributed by atoms with van der Waals surface area (Å²) in [6.07, 6.45) is -2.63. The quantitative estimate of drug-likeness (QED) is 0.802. The largest absolute Gasteiger partial charge is 0.452 e. The molecule has 2 aromatic heterocycles. The molecule has 0 aliphatic heterocycles. The smallest absolute Gasteiger partial charge is 0.295 e. The van der Waals surface area contributed by atoms with Gasteiger partial charge < -0.3 is 4.42 Å². The number of hydrogen-bond acceptors (Lipinski definition) is 4. The van der Waals surface area contributed by atoms with Gasteiger partial charge in [-0.2, -0.15) is 4.37 Å². The number of alkyl halides is 2. The first-order chi connectivity index (χ1) is 6.66. The van der Waals surface area contributed by atoms with E-state index in [1.54, 1.807) is 0 Å². The Morgan fingerprint density at radius 1 is 1.43 bits per heavy atom. The maximum Gasteiger partial charge on any atom is 0.295 e. The number of rotatable bonds is 2. The van der Waals surface area contributed by atoms with Crippen LogP contribution < -0.4 is 0 Å². The van der Waals surface area contributed by atoms with Crippen LogP contribution in [-0.4, -0.2) is 9.36 Å². The van der Waals surface area contributed by atoms with Crippen LogP contribution >= 0.6 is 23.1 Å². The van der Waals surface area contributed by atoms with Gasteiger partial charge in [0.1, 0.15) is 0 Å². The van der Waals surface area contributed by atoms with E-state index in [1.807, 2.05) is 0 Å². The van der Waals surface area contributed by atoms with Crippen molar-refractivity contribution in [1.29, 1.82) is 0 Å². The van der Waals surface area contributed by atoms with E-state index in [-0.39, 0.29) is 16.1 Å². The molecule has 3 nitrogen and oxygen atoms in total. The highest BCUT2D eigenvalue weighted by atomic mass is 35.5. The zero-order valence-electron chi connectivity index (χ0n) is 6.58. The zero-order chi connectivity index (χ0) is 10.1. The lowest BCUT2D eigenvalue weighted by Crippen LogP contribution is -1.78. The first kappa shape index (κ1) is 9.54. The Hall–Kier alpha value is -1.01. The van der Waals surface area contributed by atoms with E-state index in [0.29, 0.717) is 0 Å². The van der Waals surface area contributed by atoms with Crippen LogP contribution in [0.25, 0.3) is 11.6 Å². The second kappa shape index (κ2) is 3.62. The third kappa shape index (κ3) is 1.76. The molecule has 74 valence electrons. The Balaban J connectivity index is 2.33. The lowest BCUT2D eigenvalue weighted by Gasteiger charge is -1.90. The van der Waals surface area contributed by atoms with Gasteiger partial charge in [-0.25, -0.2) is 13.8 Å². The standard InChI is InChI=1S/C7H3ClF2N2OS/c8-7-11-6(12-14-7)4-2-1-3(13-4)5(9)10/h1-2,5H. The Labute approximate surface area is 86.5 Å². The number of nitrogens with zero attached hydrogens (tertiary/aromatic N) is 2. The summed E-state index contributed by atoms with van der Waals surface area (Å²) >= 11 is 6.51. The molecule has 0 amide bonds. The summed E-state index contributed by atoms with van der Waals surface area (Å²) in [5.74, 6) is 0.0290. The van der Waals surface area contributed by atoms with Crippen molar-refractivity contribution in [3.8, 4) is 11.6 Å². The van der Waals surface area contributed by atoms with Crippen LogP contribution in [0.15, 0.2) is 16.5 Å². The Morgan fingerprint density at radius 3 is 2.71 bits per heavy atom. The van der Waals surface area contributed by atoms with E-state index in [0.717, 1.165) is 11.5 Å². The van der Waals surface area contributed by atoms with Crippen molar-refractivity contribution in [1.82, 2.24) is 9.36 Å². The van der Waals surface area contributed by atoms with E-state index in [2.05, 4.69) is 9.36 Å². The molecular weight excluding hydrogens is 234 g/mol. The monoisotopic (exact) mass is 236 g/mol. The number of furan rings is 1. The molecule has 2 aromatic rings. The number of aromatic nitrogens is 2. The highest BCUT2D eigenvalue weighted by Crippen LogP contribution is 2.27. The summed E-state index contributed by atoms with van der Waals surface area (Å²) in [7, 11) is 0. The van der Waals surface area contributed by atoms with Crippen LogP contribution in [0.5, 0.6) is 0 Å². The van der Waals surface area contributed by atoms with Crippen LogP contribution in [0.3, 0.4) is 0 Å². The highest BCUT2D eigenvalue weighted by Gasteiger charge is 2.15. The normalized spacial score (nSPS) is 11.1. The van der Waals surface area contributed by atoms with Gasteiger partial charge >= 0.3 is 0 Å². The predicted molar refractivity (Wildman–Crippen MR) is 47.6 cm³/mol. The molecule has 0 saturated heterocycles. The first-order valence-electron chi connectivity index (χ1n) is 3.54. The number of hydrogen-bond donors (Lipinski definition) is 0. The molecule has 7 heteroatoms. The Bertz CT molecular complexity index is 442. The minimum Gasteiger partial charge on any atom is -0.452 e. The van der Waals surface area contributed by atoms with Crippen molar-refractivity contribution >= 4 is 23.1 Å². The van der Waals surface area contributed by atoms with E-state index in [9.17, 15) is 8.78 Å². The lowest BCUT2D eigenvalue weighted by atomic mass is 10.4. The molecular formula is C7H3ClF2N2OS. The average molecular weight is 237 g/mol. The van der Waals surface area contributed by atoms with Crippen LogP contribution in [0.2, 0.25) is 4.47 Å². The molecule has 0 unspecified atom stereocenters. The molecule has 0 aliphatic rings. The fourth-order valence-electron chi connectivity index (χ4n) is 0.895. The Morgan fingerprint density at radius 2 is 2.21 bits per heavy atom. The molecule has 0 radical (unpaired) electrons. The van der Waals surface area contributed by atoms with Crippen LogP contribution in [0, 0.1) is 0 Å². The van der Waals surface area contributed by atoms with Crippen molar-refractivity contribution in [2.45, 2.75) is 6.43 Å². The van der Waals surface area contributed by atoms with Crippen molar-refractivity contribution in [2.24, 2.45) is 0 Å². The Kier molecular flexibility index (Phi) is 2.47. The molecule has 0 aliphatic carbocycles. The van der Waals surface area contributed by atoms with Crippen molar-refractivity contribution in [2.75, 3.05) is 0 Å². The van der Waals surface area contributed by atoms with Gasteiger partial charge in [0.25, 0.3) is 6.43 Å². The van der Waals surface area contributed by atoms with Gasteiger partial charge in [-0.15, -0.1) is 0 Å². The average Bonchev–Trinajstić information content (AvgIpc) is 2.70. The predicted octanol–water partition coefficient (Wildman–Crippen LogP) is 3.39. The first-order valence-corrected chi connectivity index (χ1v) is 4.69. The topological polar surface area (TPSA) is 38.9 Å². The van der Waals surface area contributed by atoms with Gasteiger partial charge in [0.2, 0.25) is 10.3 Å². The molecule has 2 rings (SSSR count). The summed E-state index contributed by atoms with van der Waals surface area (Å²) in [4.78, 5) is 3.79. The zero-order valence-corrected chi connectivity index (χ0v) is 8.15. The van der Waals surface area contributed by atoms with Crippen LogP contribution in [0.4, 0.5) is 8.78 Å². The summed E-state index contributed by atoms with van der Waals surface area (Å²) < 4.78 is 33.2.